The molecule has 0 aliphatic rings. The molecule has 0 nitrogen and oxygen atoms in total. The van der Waals surface area contributed by atoms with Crippen LogP contribution in [-0.2, 0) is 6.42 Å². The molecule has 0 fully saturated rings. The van der Waals surface area contributed by atoms with E-state index in [1.807, 2.05) is 0 Å². The molecule has 1 radical (unpaired) electrons. The minimum Gasteiger partial charge on any atom is -0.0622 e. The summed E-state index contributed by atoms with van der Waals surface area (Å²) >= 11 is 0. The highest BCUT2D eigenvalue weighted by molar-refractivity contribution is 7.95. The Morgan fingerprint density at radius 2 is 0.786 bits per heavy atom. The highest BCUT2D eigenvalue weighted by Gasteiger charge is 2.33. The second-order valence-electron chi connectivity index (χ2n) is 7.13. The first kappa shape index (κ1) is 18.7. The van der Waals surface area contributed by atoms with Gasteiger partial charge in [-0.3, -0.25) is 0 Å². The lowest BCUT2D eigenvalue weighted by atomic mass is 10.1. The van der Waals surface area contributed by atoms with Gasteiger partial charge in [-0.05, 0) is 47.7 Å². The number of benzene rings is 4. The van der Waals surface area contributed by atoms with Crippen molar-refractivity contribution in [2.24, 2.45) is 0 Å². The van der Waals surface area contributed by atoms with Gasteiger partial charge in [0.2, 0.25) is 0 Å². The molecule has 0 N–H and O–H groups in total. The first-order valence-corrected chi connectivity index (χ1v) is 12.0. The minimum absolute atomic E-state index is 1.12. The van der Waals surface area contributed by atoms with Crippen LogP contribution in [0.5, 0.6) is 0 Å². The lowest BCUT2D eigenvalue weighted by Crippen LogP contribution is -2.33. The van der Waals surface area contributed by atoms with Gasteiger partial charge in [-0.2, -0.15) is 0 Å². The molecule has 0 aliphatic heterocycles. The van der Waals surface area contributed by atoms with Crippen LogP contribution >= 0.6 is 7.26 Å². The van der Waals surface area contributed by atoms with Crippen LogP contribution in [0.1, 0.15) is 12.0 Å². The van der Waals surface area contributed by atoms with Gasteiger partial charge in [0.15, 0.2) is 0 Å². The van der Waals surface area contributed by atoms with Crippen molar-refractivity contribution in [2.75, 3.05) is 6.16 Å². The van der Waals surface area contributed by atoms with E-state index in [0.717, 1.165) is 6.42 Å². The first-order valence-electron chi connectivity index (χ1n) is 9.98. The lowest BCUT2D eigenvalue weighted by molar-refractivity contribution is 0.928. The van der Waals surface area contributed by atoms with Crippen molar-refractivity contribution in [1.29, 1.82) is 0 Å². The number of hydrogen-bond acceptors (Lipinski definition) is 0. The van der Waals surface area contributed by atoms with Gasteiger partial charge in [-0.25, -0.2) is 0 Å². The summed E-state index contributed by atoms with van der Waals surface area (Å²) in [6.45, 7) is 0. The molecule has 139 valence electrons. The number of aryl methyl sites for hydroxylation is 1. The normalized spacial score (nSPS) is 11.3. The Balaban J connectivity index is 1.79. The molecule has 4 aromatic rings. The fraction of sp³-hybridized carbons (Fsp3) is 0.111. The molecule has 0 amide bonds. The van der Waals surface area contributed by atoms with E-state index in [-0.39, 0.29) is 0 Å². The van der Waals surface area contributed by atoms with Crippen LogP contribution in [0.25, 0.3) is 0 Å². The van der Waals surface area contributed by atoms with Crippen LogP contribution < -0.4 is 15.9 Å². The maximum atomic E-state index is 2.33. The summed E-state index contributed by atoms with van der Waals surface area (Å²) in [7, 11) is -1.69. The van der Waals surface area contributed by atoms with Gasteiger partial charge < -0.3 is 0 Å². The molecule has 0 bridgehead atoms. The van der Waals surface area contributed by atoms with E-state index in [1.165, 1.54) is 34.1 Å². The van der Waals surface area contributed by atoms with Crippen molar-refractivity contribution in [1.82, 2.24) is 0 Å². The molecule has 0 atom stereocenters. The van der Waals surface area contributed by atoms with Crippen LogP contribution in [-0.4, -0.2) is 6.16 Å². The van der Waals surface area contributed by atoms with Crippen molar-refractivity contribution in [2.45, 2.75) is 12.8 Å². The van der Waals surface area contributed by atoms with Gasteiger partial charge in [0.25, 0.3) is 0 Å². The van der Waals surface area contributed by atoms with Gasteiger partial charge in [0.1, 0.15) is 0 Å². The van der Waals surface area contributed by atoms with E-state index >= 15 is 0 Å². The Labute approximate surface area is 169 Å². The average Bonchev–Trinajstić information content (AvgIpc) is 2.79. The van der Waals surface area contributed by atoms with Gasteiger partial charge in [0.05, 0.1) is 0 Å². The van der Waals surface area contributed by atoms with Gasteiger partial charge in [-0.1, -0.05) is 121 Å². The second kappa shape index (κ2) is 9.00. The molecule has 0 saturated heterocycles. The molecule has 1 heteroatoms. The van der Waals surface area contributed by atoms with E-state index < -0.39 is 7.26 Å². The smallest absolute Gasteiger partial charge is 0.0196 e. The van der Waals surface area contributed by atoms with Crippen LogP contribution in [0.2, 0.25) is 0 Å². The SMILES string of the molecule is c1ccc(CCC[P](c2ccccc2)(c2ccccc2)c2ccccc2)cc1. The van der Waals surface area contributed by atoms with Crippen LogP contribution in [0.3, 0.4) is 0 Å². The predicted molar refractivity (Wildman–Crippen MR) is 125 cm³/mol. The summed E-state index contributed by atoms with van der Waals surface area (Å²) in [4.78, 5) is 0. The minimum atomic E-state index is -1.69. The molecule has 0 spiro atoms. The summed E-state index contributed by atoms with van der Waals surface area (Å²) in [6, 6.07) is 44.3. The zero-order valence-electron chi connectivity index (χ0n) is 16.1. The van der Waals surface area contributed by atoms with Gasteiger partial charge >= 0.3 is 0 Å². The fourth-order valence-corrected chi connectivity index (χ4v) is 8.39. The summed E-state index contributed by atoms with van der Waals surface area (Å²) in [5, 5.41) is 4.42. The zero-order chi connectivity index (χ0) is 19.1. The molecular formula is C27H26P. The molecular weight excluding hydrogens is 355 g/mol. The van der Waals surface area contributed by atoms with E-state index in [1.54, 1.807) is 0 Å². The second-order valence-corrected chi connectivity index (χ2v) is 10.7. The zero-order valence-corrected chi connectivity index (χ0v) is 17.0. The van der Waals surface area contributed by atoms with Crippen molar-refractivity contribution in [3.8, 4) is 0 Å². The standard InChI is InChI=1S/C27H26P/c1-5-14-24(15-6-1)16-13-23-28(25-17-7-2-8-18-25,26-19-9-3-10-20-26)27-21-11-4-12-22-27/h1-12,14-15,17-22H,13,16,23H2. The van der Waals surface area contributed by atoms with Crippen molar-refractivity contribution in [3.63, 3.8) is 0 Å². The Morgan fingerprint density at radius 1 is 0.429 bits per heavy atom. The predicted octanol–water partition coefficient (Wildman–Crippen LogP) is 5.61. The Morgan fingerprint density at radius 3 is 1.18 bits per heavy atom. The Bertz CT molecular complexity index is 867. The maximum Gasteiger partial charge on any atom is -0.0196 e. The molecule has 0 unspecified atom stereocenters. The summed E-state index contributed by atoms with van der Waals surface area (Å²) in [5.41, 5.74) is 1.43. The van der Waals surface area contributed by atoms with Crippen molar-refractivity contribution < 1.29 is 0 Å². The third kappa shape index (κ3) is 3.93. The largest absolute Gasteiger partial charge is 0.0622 e. The molecule has 0 heterocycles. The van der Waals surface area contributed by atoms with E-state index in [4.69, 9.17) is 0 Å². The van der Waals surface area contributed by atoms with Gasteiger partial charge in [0, 0.05) is 0 Å². The number of rotatable bonds is 7. The average molecular weight is 381 g/mol. The van der Waals surface area contributed by atoms with Crippen LogP contribution in [0.4, 0.5) is 0 Å². The molecule has 4 aromatic carbocycles. The molecule has 0 aromatic heterocycles. The monoisotopic (exact) mass is 381 g/mol. The Hall–Kier alpha value is -2.69. The van der Waals surface area contributed by atoms with Gasteiger partial charge in [-0.15, -0.1) is 0 Å². The first-order chi connectivity index (χ1) is 13.9. The topological polar surface area (TPSA) is 0 Å². The van der Waals surface area contributed by atoms with Crippen molar-refractivity contribution >= 4 is 23.2 Å². The summed E-state index contributed by atoms with van der Waals surface area (Å²) < 4.78 is 0. The summed E-state index contributed by atoms with van der Waals surface area (Å²) in [5.74, 6) is 0. The van der Waals surface area contributed by atoms with E-state index in [0.29, 0.717) is 0 Å². The lowest BCUT2D eigenvalue weighted by Gasteiger charge is -2.38. The molecule has 28 heavy (non-hydrogen) atoms. The van der Waals surface area contributed by atoms with E-state index in [2.05, 4.69) is 121 Å². The molecule has 4 rings (SSSR count). The summed E-state index contributed by atoms with van der Waals surface area (Å²) in [6.07, 6.45) is 3.48. The van der Waals surface area contributed by atoms with E-state index in [9.17, 15) is 0 Å². The number of hydrogen-bond donors (Lipinski definition) is 0. The highest BCUT2D eigenvalue weighted by Crippen LogP contribution is 2.55. The highest BCUT2D eigenvalue weighted by atomic mass is 31.2. The fourth-order valence-electron chi connectivity index (χ4n) is 4.05. The Kier molecular flexibility index (Phi) is 6.00. The van der Waals surface area contributed by atoms with Crippen molar-refractivity contribution in [3.05, 3.63) is 127 Å². The van der Waals surface area contributed by atoms with Crippen LogP contribution in [0.15, 0.2) is 121 Å². The maximum absolute atomic E-state index is 2.33. The molecule has 0 saturated carbocycles. The van der Waals surface area contributed by atoms with Crippen LogP contribution in [0, 0.1) is 0 Å². The quantitative estimate of drug-likeness (QED) is 0.365. The molecule has 0 aliphatic carbocycles. The third-order valence-electron chi connectivity index (χ3n) is 5.39. The third-order valence-corrected chi connectivity index (χ3v) is 9.92.